The van der Waals surface area contributed by atoms with Crippen molar-refractivity contribution in [2.24, 2.45) is 0 Å². The number of aryl methyl sites for hydroxylation is 2. The van der Waals surface area contributed by atoms with Crippen LogP contribution < -0.4 is 9.64 Å². The first-order valence-electron chi connectivity index (χ1n) is 8.24. The number of aromatic amines is 1. The highest BCUT2D eigenvalue weighted by molar-refractivity contribution is 5.78. The monoisotopic (exact) mass is 346 g/mol. The van der Waals surface area contributed by atoms with Crippen molar-refractivity contribution in [2.75, 3.05) is 39.2 Å². The molecular formula is C17H26N6O2. The van der Waals surface area contributed by atoms with Gasteiger partial charge in [0.15, 0.2) is 0 Å². The number of aromatic nitrogens is 4. The number of imidazole rings is 1. The molecule has 0 saturated carbocycles. The number of ether oxygens (including phenoxy) is 1. The molecule has 1 amide bonds. The fourth-order valence-electron chi connectivity index (χ4n) is 2.41. The van der Waals surface area contributed by atoms with Gasteiger partial charge in [-0.05, 0) is 20.3 Å². The van der Waals surface area contributed by atoms with E-state index in [1.165, 1.54) is 0 Å². The summed E-state index contributed by atoms with van der Waals surface area (Å²) >= 11 is 0. The van der Waals surface area contributed by atoms with Gasteiger partial charge < -0.3 is 19.5 Å². The van der Waals surface area contributed by atoms with Gasteiger partial charge in [-0.15, -0.1) is 0 Å². The zero-order valence-corrected chi connectivity index (χ0v) is 15.5. The summed E-state index contributed by atoms with van der Waals surface area (Å²) in [4.78, 5) is 31.9. The number of rotatable bonds is 8. The van der Waals surface area contributed by atoms with Crippen molar-refractivity contribution >= 4 is 11.9 Å². The topological polar surface area (TPSA) is 87.2 Å². The molecule has 0 aromatic carbocycles. The Morgan fingerprint density at radius 1 is 1.24 bits per heavy atom. The number of hydrogen-bond donors (Lipinski definition) is 1. The average Bonchev–Trinajstić information content (AvgIpc) is 2.98. The van der Waals surface area contributed by atoms with Gasteiger partial charge in [-0.1, -0.05) is 0 Å². The molecule has 136 valence electrons. The highest BCUT2D eigenvalue weighted by atomic mass is 16.5. The minimum atomic E-state index is 0.0614. The first kappa shape index (κ1) is 18.7. The number of nitrogens with one attached hydrogen (secondary N) is 1. The van der Waals surface area contributed by atoms with Crippen LogP contribution in [0.5, 0.6) is 5.88 Å². The first-order valence-corrected chi connectivity index (χ1v) is 8.24. The molecule has 0 saturated heterocycles. The zero-order valence-electron chi connectivity index (χ0n) is 15.5. The molecule has 25 heavy (non-hydrogen) atoms. The van der Waals surface area contributed by atoms with Crippen molar-refractivity contribution in [1.82, 2.24) is 24.8 Å². The van der Waals surface area contributed by atoms with E-state index in [-0.39, 0.29) is 5.91 Å². The van der Waals surface area contributed by atoms with E-state index in [4.69, 9.17) is 4.74 Å². The molecule has 0 radical (unpaired) electrons. The Morgan fingerprint density at radius 3 is 2.64 bits per heavy atom. The quantitative estimate of drug-likeness (QED) is 0.776. The molecule has 8 heteroatoms. The molecule has 0 bridgehead atoms. The van der Waals surface area contributed by atoms with Crippen molar-refractivity contribution in [3.8, 4) is 5.88 Å². The van der Waals surface area contributed by atoms with Crippen LogP contribution >= 0.6 is 0 Å². The van der Waals surface area contributed by atoms with Gasteiger partial charge in [0.25, 0.3) is 0 Å². The lowest BCUT2D eigenvalue weighted by molar-refractivity contribution is -0.129. The molecule has 0 atom stereocenters. The predicted octanol–water partition coefficient (Wildman–Crippen LogP) is 1.35. The van der Waals surface area contributed by atoms with E-state index in [1.54, 1.807) is 24.4 Å². The van der Waals surface area contributed by atoms with Crippen LogP contribution in [0.3, 0.4) is 0 Å². The highest BCUT2D eigenvalue weighted by Crippen LogP contribution is 2.14. The van der Waals surface area contributed by atoms with E-state index in [1.807, 2.05) is 32.8 Å². The van der Waals surface area contributed by atoms with Gasteiger partial charge in [-0.25, -0.2) is 9.97 Å². The number of likely N-dealkylation sites (N-methyl/N-ethyl adjacent to an activating group) is 1. The molecule has 2 rings (SSSR count). The minimum Gasteiger partial charge on any atom is -0.481 e. The summed E-state index contributed by atoms with van der Waals surface area (Å²) in [5.41, 5.74) is 2.59. The molecule has 2 heterocycles. The fraction of sp³-hybridized carbons (Fsp3) is 0.529. The second-order valence-corrected chi connectivity index (χ2v) is 6.09. The van der Waals surface area contributed by atoms with Crippen molar-refractivity contribution in [2.45, 2.75) is 26.7 Å². The van der Waals surface area contributed by atoms with Crippen LogP contribution in [0, 0.1) is 13.8 Å². The number of hydrogen-bond acceptors (Lipinski definition) is 6. The van der Waals surface area contributed by atoms with Gasteiger partial charge in [-0.2, -0.15) is 4.98 Å². The maximum atomic E-state index is 12.3. The summed E-state index contributed by atoms with van der Waals surface area (Å²) in [6.45, 7) is 5.23. The molecule has 0 aliphatic heterocycles. The molecule has 0 aliphatic carbocycles. The third kappa shape index (κ3) is 5.17. The number of amides is 1. The van der Waals surface area contributed by atoms with Crippen LogP contribution in [-0.4, -0.2) is 65.0 Å². The van der Waals surface area contributed by atoms with Crippen molar-refractivity contribution < 1.29 is 9.53 Å². The van der Waals surface area contributed by atoms with Gasteiger partial charge in [0.2, 0.25) is 17.7 Å². The molecule has 0 fully saturated rings. The van der Waals surface area contributed by atoms with E-state index < -0.39 is 0 Å². The number of methoxy groups -OCH3 is 1. The second-order valence-electron chi connectivity index (χ2n) is 6.09. The summed E-state index contributed by atoms with van der Waals surface area (Å²) in [6.07, 6.45) is 2.75. The fourth-order valence-corrected chi connectivity index (χ4v) is 2.41. The Balaban J connectivity index is 1.82. The standard InChI is InChI=1S/C17H26N6O2/c1-12-9-15(25-5)21-17(20-12)23(4)8-6-7-22(3)16(24)10-14-13(2)18-11-19-14/h9,11H,6-8,10H2,1-5H3,(H,18,19). The predicted molar refractivity (Wildman–Crippen MR) is 95.9 cm³/mol. The van der Waals surface area contributed by atoms with Gasteiger partial charge in [-0.3, -0.25) is 4.79 Å². The first-order chi connectivity index (χ1) is 11.9. The maximum absolute atomic E-state index is 12.3. The molecule has 0 spiro atoms. The highest BCUT2D eigenvalue weighted by Gasteiger charge is 2.13. The van der Waals surface area contributed by atoms with E-state index in [0.29, 0.717) is 24.8 Å². The van der Waals surface area contributed by atoms with Gasteiger partial charge >= 0.3 is 0 Å². The van der Waals surface area contributed by atoms with E-state index in [0.717, 1.165) is 30.0 Å². The number of carbonyl (C=O) groups excluding carboxylic acids is 1. The third-order valence-electron chi connectivity index (χ3n) is 4.04. The smallest absolute Gasteiger partial charge is 0.228 e. The lowest BCUT2D eigenvalue weighted by Crippen LogP contribution is -2.32. The maximum Gasteiger partial charge on any atom is 0.228 e. The van der Waals surface area contributed by atoms with Crippen molar-refractivity contribution in [3.05, 3.63) is 29.5 Å². The van der Waals surface area contributed by atoms with Crippen LogP contribution in [0.4, 0.5) is 5.95 Å². The van der Waals surface area contributed by atoms with Crippen LogP contribution in [0.2, 0.25) is 0 Å². The van der Waals surface area contributed by atoms with Gasteiger partial charge in [0.05, 0.1) is 25.6 Å². The SMILES string of the molecule is COc1cc(C)nc(N(C)CCCN(C)C(=O)Cc2nc[nH]c2C)n1. The summed E-state index contributed by atoms with van der Waals surface area (Å²) in [5.74, 6) is 1.24. The largest absolute Gasteiger partial charge is 0.481 e. The second kappa shape index (κ2) is 8.46. The Kier molecular flexibility index (Phi) is 6.32. The molecule has 1 N–H and O–H groups in total. The average molecular weight is 346 g/mol. The summed E-state index contributed by atoms with van der Waals surface area (Å²) in [5, 5.41) is 0. The number of carbonyl (C=O) groups is 1. The summed E-state index contributed by atoms with van der Waals surface area (Å²) in [7, 11) is 5.34. The summed E-state index contributed by atoms with van der Waals surface area (Å²) < 4.78 is 5.18. The molecule has 0 unspecified atom stereocenters. The number of anilines is 1. The molecule has 8 nitrogen and oxygen atoms in total. The van der Waals surface area contributed by atoms with Crippen LogP contribution in [0.25, 0.3) is 0 Å². The molecule has 2 aromatic heterocycles. The van der Waals surface area contributed by atoms with E-state index >= 15 is 0 Å². The van der Waals surface area contributed by atoms with E-state index in [9.17, 15) is 4.79 Å². The van der Waals surface area contributed by atoms with Gasteiger partial charge in [0, 0.05) is 44.6 Å². The van der Waals surface area contributed by atoms with Crippen LogP contribution in [-0.2, 0) is 11.2 Å². The number of nitrogens with zero attached hydrogens (tertiary/aromatic N) is 5. The van der Waals surface area contributed by atoms with Crippen molar-refractivity contribution in [3.63, 3.8) is 0 Å². The van der Waals surface area contributed by atoms with Crippen LogP contribution in [0.15, 0.2) is 12.4 Å². The lowest BCUT2D eigenvalue weighted by atomic mass is 10.2. The third-order valence-corrected chi connectivity index (χ3v) is 4.04. The Morgan fingerprint density at radius 2 is 2.00 bits per heavy atom. The molecular weight excluding hydrogens is 320 g/mol. The Bertz CT molecular complexity index is 715. The van der Waals surface area contributed by atoms with Crippen LogP contribution in [0.1, 0.15) is 23.5 Å². The zero-order chi connectivity index (χ0) is 18.4. The Labute approximate surface area is 148 Å². The lowest BCUT2D eigenvalue weighted by Gasteiger charge is -2.21. The normalized spacial score (nSPS) is 10.6. The molecule has 2 aromatic rings. The number of H-pyrrole nitrogens is 1. The Hall–Kier alpha value is -2.64. The molecule has 0 aliphatic rings. The van der Waals surface area contributed by atoms with E-state index in [2.05, 4.69) is 19.9 Å². The van der Waals surface area contributed by atoms with Crippen molar-refractivity contribution in [1.29, 1.82) is 0 Å². The summed E-state index contributed by atoms with van der Waals surface area (Å²) in [6, 6.07) is 1.79. The minimum absolute atomic E-state index is 0.0614. The van der Waals surface area contributed by atoms with Gasteiger partial charge in [0.1, 0.15) is 0 Å².